The van der Waals surface area contributed by atoms with E-state index in [0.29, 0.717) is 6.42 Å². The fraction of sp³-hybridized carbons (Fsp3) is 0.417. The van der Waals surface area contributed by atoms with Gasteiger partial charge in [-0.05, 0) is 43.2 Å². The highest BCUT2D eigenvalue weighted by Gasteiger charge is 2.25. The molecule has 2 aliphatic rings. The molecule has 0 bridgehead atoms. The van der Waals surface area contributed by atoms with Crippen LogP contribution < -0.4 is 10.2 Å². The van der Waals surface area contributed by atoms with Gasteiger partial charge in [0.15, 0.2) is 0 Å². The van der Waals surface area contributed by atoms with Gasteiger partial charge in [0.05, 0.1) is 0 Å². The molecule has 6 nitrogen and oxygen atoms in total. The summed E-state index contributed by atoms with van der Waals surface area (Å²) in [4.78, 5) is 30.9. The van der Waals surface area contributed by atoms with E-state index in [1.165, 1.54) is 5.56 Å². The van der Waals surface area contributed by atoms with Gasteiger partial charge in [0.2, 0.25) is 11.8 Å². The third-order valence-electron chi connectivity index (χ3n) is 5.94. The van der Waals surface area contributed by atoms with E-state index in [2.05, 4.69) is 34.5 Å². The second-order valence-electron chi connectivity index (χ2n) is 8.15. The zero-order valence-corrected chi connectivity index (χ0v) is 17.6. The van der Waals surface area contributed by atoms with Gasteiger partial charge in [0.25, 0.3) is 0 Å². The monoisotopic (exact) mass is 406 g/mol. The minimum absolute atomic E-state index is 0.133. The van der Waals surface area contributed by atoms with Crippen LogP contribution in [0, 0.1) is 0 Å². The van der Waals surface area contributed by atoms with Crippen LogP contribution in [0.15, 0.2) is 54.6 Å². The summed E-state index contributed by atoms with van der Waals surface area (Å²) < 4.78 is 0. The summed E-state index contributed by atoms with van der Waals surface area (Å²) >= 11 is 0. The zero-order chi connectivity index (χ0) is 20.9. The van der Waals surface area contributed by atoms with Crippen LogP contribution in [0.4, 0.5) is 11.4 Å². The van der Waals surface area contributed by atoms with Crippen LogP contribution in [0.2, 0.25) is 0 Å². The maximum atomic E-state index is 12.9. The standard InChI is InChI=1S/C24H30N4O2/c1-19(25-21-9-11-22(12-10-21)28-13-5-8-23(28)29)24(30)27-16-14-26(15-17-27)18-20-6-3-2-4-7-20/h2-4,6-7,9-12,19,25H,5,8,13-18H2,1H3. The Hall–Kier alpha value is -2.86. The van der Waals surface area contributed by atoms with Gasteiger partial charge in [-0.3, -0.25) is 14.5 Å². The minimum atomic E-state index is -0.287. The van der Waals surface area contributed by atoms with Crippen LogP contribution in [-0.2, 0) is 16.1 Å². The lowest BCUT2D eigenvalue weighted by Gasteiger charge is -2.36. The number of nitrogens with zero attached hydrogens (tertiary/aromatic N) is 3. The smallest absolute Gasteiger partial charge is 0.244 e. The molecule has 2 saturated heterocycles. The molecule has 0 aliphatic carbocycles. The number of benzene rings is 2. The highest BCUT2D eigenvalue weighted by atomic mass is 16.2. The van der Waals surface area contributed by atoms with Crippen molar-refractivity contribution in [1.82, 2.24) is 9.80 Å². The minimum Gasteiger partial charge on any atom is -0.374 e. The van der Waals surface area contributed by atoms with Gasteiger partial charge >= 0.3 is 0 Å². The summed E-state index contributed by atoms with van der Waals surface area (Å²) in [6.45, 7) is 6.94. The second-order valence-corrected chi connectivity index (χ2v) is 8.15. The molecule has 0 spiro atoms. The molecule has 2 amide bonds. The number of rotatable bonds is 6. The molecule has 1 unspecified atom stereocenters. The number of anilines is 2. The molecule has 0 saturated carbocycles. The van der Waals surface area contributed by atoms with Crippen molar-refractivity contribution in [2.75, 3.05) is 42.9 Å². The first-order valence-electron chi connectivity index (χ1n) is 10.8. The third kappa shape index (κ3) is 4.82. The van der Waals surface area contributed by atoms with Crippen molar-refractivity contribution < 1.29 is 9.59 Å². The zero-order valence-electron chi connectivity index (χ0n) is 17.6. The number of carbonyl (C=O) groups excluding carboxylic acids is 2. The first-order valence-corrected chi connectivity index (χ1v) is 10.8. The number of carbonyl (C=O) groups is 2. The number of amides is 2. The van der Waals surface area contributed by atoms with Gasteiger partial charge in [0.1, 0.15) is 6.04 Å². The Bertz CT molecular complexity index is 861. The predicted octanol–water partition coefficient (Wildman–Crippen LogP) is 2.96. The summed E-state index contributed by atoms with van der Waals surface area (Å²) in [6, 6.07) is 18.0. The maximum Gasteiger partial charge on any atom is 0.244 e. The number of piperazine rings is 1. The Labute approximate surface area is 178 Å². The lowest BCUT2D eigenvalue weighted by Crippen LogP contribution is -2.51. The molecule has 158 valence electrons. The molecular weight excluding hydrogens is 376 g/mol. The molecule has 1 atom stereocenters. The fourth-order valence-corrected chi connectivity index (χ4v) is 4.21. The summed E-state index contributed by atoms with van der Waals surface area (Å²) in [5, 5.41) is 3.31. The quantitative estimate of drug-likeness (QED) is 0.801. The summed E-state index contributed by atoms with van der Waals surface area (Å²) in [5.41, 5.74) is 3.14. The Morgan fingerprint density at radius 2 is 1.67 bits per heavy atom. The van der Waals surface area contributed by atoms with E-state index in [1.807, 2.05) is 47.1 Å². The van der Waals surface area contributed by atoms with Gasteiger partial charge in [-0.1, -0.05) is 30.3 Å². The van der Waals surface area contributed by atoms with Crippen molar-refractivity contribution in [2.45, 2.75) is 32.4 Å². The van der Waals surface area contributed by atoms with Crippen LogP contribution in [0.5, 0.6) is 0 Å². The van der Waals surface area contributed by atoms with Gasteiger partial charge in [-0.2, -0.15) is 0 Å². The van der Waals surface area contributed by atoms with Crippen LogP contribution in [0.25, 0.3) is 0 Å². The van der Waals surface area contributed by atoms with Crippen LogP contribution in [-0.4, -0.2) is 60.4 Å². The Balaban J connectivity index is 1.26. The summed E-state index contributed by atoms with van der Waals surface area (Å²) in [5.74, 6) is 0.318. The fourth-order valence-electron chi connectivity index (χ4n) is 4.21. The largest absolute Gasteiger partial charge is 0.374 e. The normalized spacial score (nSPS) is 18.5. The average Bonchev–Trinajstić information content (AvgIpc) is 3.21. The van der Waals surface area contributed by atoms with E-state index in [1.54, 1.807) is 0 Å². The maximum absolute atomic E-state index is 12.9. The molecule has 0 radical (unpaired) electrons. The van der Waals surface area contributed by atoms with E-state index >= 15 is 0 Å². The number of nitrogens with one attached hydrogen (secondary N) is 1. The molecule has 30 heavy (non-hydrogen) atoms. The van der Waals surface area contributed by atoms with Gasteiger partial charge in [-0.15, -0.1) is 0 Å². The van der Waals surface area contributed by atoms with Crippen molar-refractivity contribution in [2.24, 2.45) is 0 Å². The first kappa shape index (κ1) is 20.4. The van der Waals surface area contributed by atoms with Gasteiger partial charge in [0, 0.05) is 57.1 Å². The van der Waals surface area contributed by atoms with Crippen LogP contribution in [0.1, 0.15) is 25.3 Å². The average molecular weight is 407 g/mol. The van der Waals surface area contributed by atoms with E-state index in [-0.39, 0.29) is 17.9 Å². The lowest BCUT2D eigenvalue weighted by molar-refractivity contribution is -0.133. The van der Waals surface area contributed by atoms with Crippen LogP contribution in [0.3, 0.4) is 0 Å². The van der Waals surface area contributed by atoms with Crippen molar-refractivity contribution >= 4 is 23.2 Å². The summed E-state index contributed by atoms with van der Waals surface area (Å²) in [6.07, 6.45) is 1.55. The van der Waals surface area contributed by atoms with Gasteiger partial charge in [-0.25, -0.2) is 0 Å². The number of hydrogen-bond donors (Lipinski definition) is 1. The molecule has 2 fully saturated rings. The topological polar surface area (TPSA) is 55.9 Å². The molecular formula is C24H30N4O2. The molecule has 2 aliphatic heterocycles. The van der Waals surface area contributed by atoms with Crippen LogP contribution >= 0.6 is 0 Å². The second kappa shape index (κ2) is 9.30. The highest BCUT2D eigenvalue weighted by molar-refractivity contribution is 5.95. The predicted molar refractivity (Wildman–Crippen MR) is 119 cm³/mol. The Kier molecular flexibility index (Phi) is 6.33. The van der Waals surface area contributed by atoms with E-state index < -0.39 is 0 Å². The molecule has 2 heterocycles. The van der Waals surface area contributed by atoms with Crippen molar-refractivity contribution in [3.8, 4) is 0 Å². The van der Waals surface area contributed by atoms with Crippen molar-refractivity contribution in [3.05, 3.63) is 60.2 Å². The SMILES string of the molecule is CC(Nc1ccc(N2CCCC2=O)cc1)C(=O)N1CCN(Cc2ccccc2)CC1. The third-order valence-corrected chi connectivity index (χ3v) is 5.94. The van der Waals surface area contributed by atoms with E-state index in [0.717, 1.165) is 57.1 Å². The Morgan fingerprint density at radius 1 is 0.967 bits per heavy atom. The summed E-state index contributed by atoms with van der Waals surface area (Å²) in [7, 11) is 0. The molecule has 0 aromatic heterocycles. The molecule has 4 rings (SSSR count). The molecule has 2 aromatic rings. The lowest BCUT2D eigenvalue weighted by atomic mass is 10.2. The number of hydrogen-bond acceptors (Lipinski definition) is 4. The van der Waals surface area contributed by atoms with Crippen molar-refractivity contribution in [1.29, 1.82) is 0 Å². The van der Waals surface area contributed by atoms with Gasteiger partial charge < -0.3 is 15.1 Å². The van der Waals surface area contributed by atoms with Crippen molar-refractivity contribution in [3.63, 3.8) is 0 Å². The first-order chi connectivity index (χ1) is 14.6. The Morgan fingerprint density at radius 3 is 2.30 bits per heavy atom. The molecule has 2 aromatic carbocycles. The van der Waals surface area contributed by atoms with E-state index in [9.17, 15) is 9.59 Å². The molecule has 6 heteroatoms. The highest BCUT2D eigenvalue weighted by Crippen LogP contribution is 2.23. The molecule has 1 N–H and O–H groups in total. The van der Waals surface area contributed by atoms with E-state index in [4.69, 9.17) is 0 Å².